The van der Waals surface area contributed by atoms with Crippen LogP contribution in [0.25, 0.3) is 0 Å². The van der Waals surface area contributed by atoms with Gasteiger partial charge in [0.1, 0.15) is 6.04 Å². The molecule has 4 heteroatoms. The van der Waals surface area contributed by atoms with E-state index in [4.69, 9.17) is 10.5 Å². The summed E-state index contributed by atoms with van der Waals surface area (Å²) in [7, 11) is 0. The van der Waals surface area contributed by atoms with Crippen LogP contribution in [0.15, 0.2) is 24.3 Å². The van der Waals surface area contributed by atoms with Gasteiger partial charge in [0.25, 0.3) is 0 Å². The van der Waals surface area contributed by atoms with Crippen LogP contribution in [0.2, 0.25) is 0 Å². The summed E-state index contributed by atoms with van der Waals surface area (Å²) in [5.41, 5.74) is 8.31. The topological polar surface area (TPSA) is 64.3 Å². The third-order valence-electron chi connectivity index (χ3n) is 4.75. The summed E-state index contributed by atoms with van der Waals surface area (Å²) in [6.07, 6.45) is 4.59. The maximum atomic E-state index is 12.3. The van der Waals surface area contributed by atoms with Gasteiger partial charge in [0, 0.05) is 19.8 Å². The molecule has 22 heavy (non-hydrogen) atoms. The average Bonchev–Trinajstić information content (AvgIpc) is 2.49. The Kier molecular flexibility index (Phi) is 5.98. The second-order valence-corrected chi connectivity index (χ2v) is 6.41. The van der Waals surface area contributed by atoms with Gasteiger partial charge in [-0.25, -0.2) is 0 Å². The van der Waals surface area contributed by atoms with Crippen molar-refractivity contribution < 1.29 is 9.53 Å². The van der Waals surface area contributed by atoms with Gasteiger partial charge in [-0.15, -0.1) is 0 Å². The summed E-state index contributed by atoms with van der Waals surface area (Å²) >= 11 is 0. The number of aryl methyl sites for hydroxylation is 1. The highest BCUT2D eigenvalue weighted by molar-refractivity contribution is 5.82. The maximum Gasteiger partial charge on any atom is 0.241 e. The highest BCUT2D eigenvalue weighted by atomic mass is 16.5. The van der Waals surface area contributed by atoms with E-state index in [1.807, 2.05) is 38.1 Å². The van der Waals surface area contributed by atoms with Crippen LogP contribution in [-0.2, 0) is 9.53 Å². The number of rotatable bonds is 8. The molecule has 0 heterocycles. The third-order valence-corrected chi connectivity index (χ3v) is 4.75. The Morgan fingerprint density at radius 1 is 1.36 bits per heavy atom. The number of nitrogens with one attached hydrogen (secondary N) is 1. The lowest BCUT2D eigenvalue weighted by Crippen LogP contribution is -2.45. The van der Waals surface area contributed by atoms with Crippen molar-refractivity contribution in [3.05, 3.63) is 35.4 Å². The molecule has 1 saturated carbocycles. The predicted octanol–water partition coefficient (Wildman–Crippen LogP) is 2.71. The molecule has 1 aromatic carbocycles. The molecule has 1 aliphatic carbocycles. The molecule has 0 radical (unpaired) electrons. The molecule has 1 unspecified atom stereocenters. The zero-order chi connectivity index (χ0) is 16.0. The number of benzene rings is 1. The predicted molar refractivity (Wildman–Crippen MR) is 88.5 cm³/mol. The van der Waals surface area contributed by atoms with Crippen molar-refractivity contribution in [3.63, 3.8) is 0 Å². The van der Waals surface area contributed by atoms with E-state index >= 15 is 0 Å². The summed E-state index contributed by atoms with van der Waals surface area (Å²) in [4.78, 5) is 12.3. The van der Waals surface area contributed by atoms with Crippen molar-refractivity contribution in [2.24, 2.45) is 11.1 Å². The van der Waals surface area contributed by atoms with Crippen molar-refractivity contribution in [1.29, 1.82) is 0 Å². The third kappa shape index (κ3) is 4.31. The minimum Gasteiger partial charge on any atom is -0.382 e. The van der Waals surface area contributed by atoms with Crippen LogP contribution in [0.3, 0.4) is 0 Å². The molecule has 1 atom stereocenters. The smallest absolute Gasteiger partial charge is 0.241 e. The van der Waals surface area contributed by atoms with Gasteiger partial charge in [0.15, 0.2) is 0 Å². The van der Waals surface area contributed by atoms with Gasteiger partial charge in [-0.2, -0.15) is 0 Å². The molecule has 0 spiro atoms. The number of amides is 1. The van der Waals surface area contributed by atoms with E-state index in [0.717, 1.165) is 25.2 Å². The standard InChI is InChI=1S/C18H28N2O2/c1-3-22-12-11-18(9-4-10-18)13-20-17(21)16(19)15-7-5-14(2)6-8-15/h5-8,16H,3-4,9-13,19H2,1-2H3,(H,20,21). The Bertz CT molecular complexity index is 480. The monoisotopic (exact) mass is 304 g/mol. The molecular formula is C18H28N2O2. The van der Waals surface area contributed by atoms with Crippen LogP contribution >= 0.6 is 0 Å². The molecular weight excluding hydrogens is 276 g/mol. The fourth-order valence-corrected chi connectivity index (χ4v) is 2.93. The van der Waals surface area contributed by atoms with Crippen LogP contribution in [0.1, 0.15) is 49.8 Å². The fraction of sp³-hybridized carbons (Fsp3) is 0.611. The second kappa shape index (κ2) is 7.75. The molecule has 0 aliphatic heterocycles. The maximum absolute atomic E-state index is 12.3. The van der Waals surface area contributed by atoms with Crippen LogP contribution in [-0.4, -0.2) is 25.7 Å². The van der Waals surface area contributed by atoms with E-state index < -0.39 is 6.04 Å². The number of nitrogens with two attached hydrogens (primary N) is 1. The van der Waals surface area contributed by atoms with E-state index in [1.165, 1.54) is 24.8 Å². The van der Waals surface area contributed by atoms with Gasteiger partial charge in [-0.3, -0.25) is 4.79 Å². The van der Waals surface area contributed by atoms with Crippen molar-refractivity contribution in [2.45, 2.75) is 45.6 Å². The molecule has 1 aromatic rings. The molecule has 1 aliphatic rings. The summed E-state index contributed by atoms with van der Waals surface area (Å²) in [5.74, 6) is -0.0912. The van der Waals surface area contributed by atoms with E-state index in [2.05, 4.69) is 5.32 Å². The lowest BCUT2D eigenvalue weighted by atomic mass is 9.66. The first-order valence-electron chi connectivity index (χ1n) is 8.24. The average molecular weight is 304 g/mol. The van der Waals surface area contributed by atoms with E-state index in [9.17, 15) is 4.79 Å². The Hall–Kier alpha value is -1.39. The summed E-state index contributed by atoms with van der Waals surface area (Å²) in [6.45, 7) is 6.26. The fourth-order valence-electron chi connectivity index (χ4n) is 2.93. The molecule has 0 bridgehead atoms. The number of hydrogen-bond acceptors (Lipinski definition) is 3. The highest BCUT2D eigenvalue weighted by Crippen LogP contribution is 2.43. The van der Waals surface area contributed by atoms with Gasteiger partial charge in [-0.05, 0) is 44.1 Å². The summed E-state index contributed by atoms with van der Waals surface area (Å²) in [5, 5.41) is 3.05. The van der Waals surface area contributed by atoms with Crippen LogP contribution < -0.4 is 11.1 Å². The minimum atomic E-state index is -0.593. The molecule has 4 nitrogen and oxygen atoms in total. The Balaban J connectivity index is 1.84. The van der Waals surface area contributed by atoms with Gasteiger partial charge in [-0.1, -0.05) is 36.2 Å². The number of ether oxygens (including phenoxy) is 1. The zero-order valence-electron chi connectivity index (χ0n) is 13.7. The number of carbonyl (C=O) groups excluding carboxylic acids is 1. The molecule has 0 saturated heterocycles. The van der Waals surface area contributed by atoms with E-state index in [0.29, 0.717) is 6.54 Å². The first-order valence-corrected chi connectivity index (χ1v) is 8.24. The number of hydrogen-bond donors (Lipinski definition) is 2. The zero-order valence-corrected chi connectivity index (χ0v) is 13.7. The van der Waals surface area contributed by atoms with Gasteiger partial charge < -0.3 is 15.8 Å². The molecule has 3 N–H and O–H groups in total. The lowest BCUT2D eigenvalue weighted by Gasteiger charge is -2.42. The molecule has 2 rings (SSSR count). The Morgan fingerprint density at radius 2 is 2.05 bits per heavy atom. The minimum absolute atomic E-state index is 0.0912. The van der Waals surface area contributed by atoms with Crippen LogP contribution in [0, 0.1) is 12.3 Å². The first kappa shape index (κ1) is 17.0. The van der Waals surface area contributed by atoms with Gasteiger partial charge in [0.2, 0.25) is 5.91 Å². The molecule has 1 amide bonds. The summed E-state index contributed by atoms with van der Waals surface area (Å²) < 4.78 is 5.46. The Labute approximate surface area is 133 Å². The largest absolute Gasteiger partial charge is 0.382 e. The molecule has 0 aromatic heterocycles. The van der Waals surface area contributed by atoms with Crippen molar-refractivity contribution in [3.8, 4) is 0 Å². The van der Waals surface area contributed by atoms with Crippen molar-refractivity contribution >= 4 is 5.91 Å². The van der Waals surface area contributed by atoms with E-state index in [1.54, 1.807) is 0 Å². The lowest BCUT2D eigenvalue weighted by molar-refractivity contribution is -0.123. The van der Waals surface area contributed by atoms with Crippen molar-refractivity contribution in [2.75, 3.05) is 19.8 Å². The first-order chi connectivity index (χ1) is 10.6. The van der Waals surface area contributed by atoms with E-state index in [-0.39, 0.29) is 11.3 Å². The highest BCUT2D eigenvalue weighted by Gasteiger charge is 2.37. The molecule has 122 valence electrons. The van der Waals surface area contributed by atoms with Gasteiger partial charge in [0.05, 0.1) is 0 Å². The molecule has 1 fully saturated rings. The second-order valence-electron chi connectivity index (χ2n) is 6.41. The quantitative estimate of drug-likeness (QED) is 0.726. The van der Waals surface area contributed by atoms with Crippen LogP contribution in [0.4, 0.5) is 0 Å². The Morgan fingerprint density at radius 3 is 2.59 bits per heavy atom. The van der Waals surface area contributed by atoms with Crippen molar-refractivity contribution in [1.82, 2.24) is 5.32 Å². The summed E-state index contributed by atoms with van der Waals surface area (Å²) in [6, 6.07) is 7.22. The van der Waals surface area contributed by atoms with Gasteiger partial charge >= 0.3 is 0 Å². The SMILES string of the molecule is CCOCCC1(CNC(=O)C(N)c2ccc(C)cc2)CCC1. The van der Waals surface area contributed by atoms with Crippen LogP contribution in [0.5, 0.6) is 0 Å². The normalized spacial score (nSPS) is 17.6. The number of carbonyl (C=O) groups is 1.